The third-order valence-corrected chi connectivity index (χ3v) is 5.21. The van der Waals surface area contributed by atoms with Crippen molar-refractivity contribution >= 4 is 17.5 Å². The average molecular weight is 374 g/mol. The molecule has 7 heteroatoms. The Bertz CT molecular complexity index is 671. The van der Waals surface area contributed by atoms with Crippen LogP contribution in [0.15, 0.2) is 18.2 Å². The van der Waals surface area contributed by atoms with E-state index in [1.165, 1.54) is 0 Å². The molecule has 2 heterocycles. The second-order valence-electron chi connectivity index (χ2n) is 7.28. The Kier molecular flexibility index (Phi) is 6.68. The van der Waals surface area contributed by atoms with Gasteiger partial charge in [0, 0.05) is 32.7 Å². The number of aryl methyl sites for hydroxylation is 1. The summed E-state index contributed by atoms with van der Waals surface area (Å²) < 4.78 is 5.71. The van der Waals surface area contributed by atoms with Crippen molar-refractivity contribution in [3.63, 3.8) is 0 Å². The first kappa shape index (κ1) is 19.6. The van der Waals surface area contributed by atoms with Crippen molar-refractivity contribution in [1.82, 2.24) is 15.1 Å². The van der Waals surface area contributed by atoms with E-state index in [0.29, 0.717) is 18.0 Å². The summed E-state index contributed by atoms with van der Waals surface area (Å²) in [4.78, 5) is 29.2. The smallest absolute Gasteiger partial charge is 0.266 e. The lowest BCUT2D eigenvalue weighted by molar-refractivity contribution is -0.130. The van der Waals surface area contributed by atoms with Gasteiger partial charge in [0.25, 0.3) is 5.91 Å². The molecule has 2 N–H and O–H groups in total. The SMILES string of the molecule is CCN1CCN(CCCNC(=O)C[C@H]2Oc3ccc(C)cc3NC2=O)CC1. The molecule has 0 aliphatic carbocycles. The van der Waals surface area contributed by atoms with Crippen molar-refractivity contribution in [3.05, 3.63) is 23.8 Å². The fraction of sp³-hybridized carbons (Fsp3) is 0.600. The summed E-state index contributed by atoms with van der Waals surface area (Å²) in [6, 6.07) is 5.62. The van der Waals surface area contributed by atoms with Crippen LogP contribution in [0.1, 0.15) is 25.3 Å². The van der Waals surface area contributed by atoms with Crippen LogP contribution in [-0.2, 0) is 9.59 Å². The highest BCUT2D eigenvalue weighted by atomic mass is 16.5. The Labute approximate surface area is 161 Å². The molecule has 1 fully saturated rings. The molecule has 3 rings (SSSR count). The number of benzene rings is 1. The molecule has 0 aromatic heterocycles. The maximum absolute atomic E-state index is 12.2. The van der Waals surface area contributed by atoms with Crippen molar-refractivity contribution < 1.29 is 14.3 Å². The molecule has 1 saturated heterocycles. The van der Waals surface area contributed by atoms with Gasteiger partial charge in [-0.25, -0.2) is 0 Å². The van der Waals surface area contributed by atoms with E-state index in [1.807, 2.05) is 25.1 Å². The third-order valence-electron chi connectivity index (χ3n) is 5.21. The van der Waals surface area contributed by atoms with E-state index < -0.39 is 6.10 Å². The number of likely N-dealkylation sites (N-methyl/N-ethyl adjacent to an activating group) is 1. The van der Waals surface area contributed by atoms with Crippen molar-refractivity contribution in [2.24, 2.45) is 0 Å². The van der Waals surface area contributed by atoms with Crippen LogP contribution in [0.25, 0.3) is 0 Å². The number of nitrogens with zero attached hydrogens (tertiary/aromatic N) is 2. The fourth-order valence-corrected chi connectivity index (χ4v) is 3.50. The maximum Gasteiger partial charge on any atom is 0.266 e. The predicted molar refractivity (Wildman–Crippen MR) is 105 cm³/mol. The van der Waals surface area contributed by atoms with E-state index in [2.05, 4.69) is 27.4 Å². The van der Waals surface area contributed by atoms with Gasteiger partial charge in [-0.3, -0.25) is 9.59 Å². The van der Waals surface area contributed by atoms with E-state index in [-0.39, 0.29) is 18.2 Å². The van der Waals surface area contributed by atoms with Crippen LogP contribution in [0.3, 0.4) is 0 Å². The number of hydrogen-bond donors (Lipinski definition) is 2. The minimum Gasteiger partial charge on any atom is -0.478 e. The third kappa shape index (κ3) is 5.43. The monoisotopic (exact) mass is 374 g/mol. The summed E-state index contributed by atoms with van der Waals surface area (Å²) in [7, 11) is 0. The van der Waals surface area contributed by atoms with Crippen molar-refractivity contribution in [2.45, 2.75) is 32.8 Å². The van der Waals surface area contributed by atoms with Gasteiger partial charge in [0.05, 0.1) is 12.1 Å². The molecule has 0 saturated carbocycles. The topological polar surface area (TPSA) is 73.9 Å². The number of rotatable bonds is 7. The van der Waals surface area contributed by atoms with Gasteiger partial charge in [-0.15, -0.1) is 0 Å². The zero-order valence-corrected chi connectivity index (χ0v) is 16.3. The quantitative estimate of drug-likeness (QED) is 0.702. The zero-order valence-electron chi connectivity index (χ0n) is 16.3. The highest BCUT2D eigenvalue weighted by molar-refractivity contribution is 6.00. The highest BCUT2D eigenvalue weighted by Crippen LogP contribution is 2.30. The second-order valence-corrected chi connectivity index (χ2v) is 7.28. The van der Waals surface area contributed by atoms with Crippen LogP contribution in [0.2, 0.25) is 0 Å². The standard InChI is InChI=1S/C20H30N4O3/c1-3-23-9-11-24(12-10-23)8-4-7-21-19(25)14-18-20(26)22-16-13-15(2)5-6-17(16)27-18/h5-6,13,18H,3-4,7-12,14H2,1-2H3,(H,21,25)(H,22,26)/t18-/m1/s1. The molecule has 2 amide bonds. The fourth-order valence-electron chi connectivity index (χ4n) is 3.50. The van der Waals surface area contributed by atoms with Gasteiger partial charge >= 0.3 is 0 Å². The van der Waals surface area contributed by atoms with Gasteiger partial charge in [-0.1, -0.05) is 13.0 Å². The minimum absolute atomic E-state index is 0.0360. The number of piperazine rings is 1. The van der Waals surface area contributed by atoms with E-state index in [0.717, 1.165) is 51.3 Å². The summed E-state index contributed by atoms with van der Waals surface area (Å²) >= 11 is 0. The van der Waals surface area contributed by atoms with Crippen LogP contribution in [-0.4, -0.2) is 73.5 Å². The summed E-state index contributed by atoms with van der Waals surface area (Å²) in [5.74, 6) is 0.197. The molecule has 0 bridgehead atoms. The number of anilines is 1. The number of amides is 2. The van der Waals surface area contributed by atoms with E-state index >= 15 is 0 Å². The van der Waals surface area contributed by atoms with Gasteiger partial charge in [-0.2, -0.15) is 0 Å². The molecule has 148 valence electrons. The zero-order chi connectivity index (χ0) is 19.2. The Balaban J connectivity index is 1.36. The van der Waals surface area contributed by atoms with Gasteiger partial charge in [0.1, 0.15) is 5.75 Å². The molecule has 2 aliphatic heterocycles. The molecule has 1 aromatic rings. The minimum atomic E-state index is -0.776. The molecule has 2 aliphatic rings. The number of hydrogen-bond acceptors (Lipinski definition) is 5. The van der Waals surface area contributed by atoms with Crippen LogP contribution in [0, 0.1) is 6.92 Å². The molecule has 27 heavy (non-hydrogen) atoms. The summed E-state index contributed by atoms with van der Waals surface area (Å²) in [6.07, 6.45) is 0.175. The normalized spacial score (nSPS) is 20.5. The van der Waals surface area contributed by atoms with Crippen LogP contribution >= 0.6 is 0 Å². The molecule has 0 spiro atoms. The molecule has 7 nitrogen and oxygen atoms in total. The lowest BCUT2D eigenvalue weighted by Gasteiger charge is -2.34. The summed E-state index contributed by atoms with van der Waals surface area (Å²) in [5, 5.41) is 5.73. The highest BCUT2D eigenvalue weighted by Gasteiger charge is 2.29. The van der Waals surface area contributed by atoms with Crippen molar-refractivity contribution in [1.29, 1.82) is 0 Å². The Morgan fingerprint density at radius 3 is 2.74 bits per heavy atom. The Morgan fingerprint density at radius 2 is 2.00 bits per heavy atom. The number of fused-ring (bicyclic) bond motifs is 1. The van der Waals surface area contributed by atoms with Crippen LogP contribution < -0.4 is 15.4 Å². The predicted octanol–water partition coefficient (Wildman–Crippen LogP) is 1.23. The lowest BCUT2D eigenvalue weighted by Crippen LogP contribution is -2.46. The van der Waals surface area contributed by atoms with Gasteiger partial charge in [0.15, 0.2) is 6.10 Å². The molecular formula is C20H30N4O3. The lowest BCUT2D eigenvalue weighted by atomic mass is 10.1. The number of carbonyl (C=O) groups is 2. The van der Waals surface area contributed by atoms with Gasteiger partial charge < -0.3 is 25.2 Å². The van der Waals surface area contributed by atoms with Crippen LogP contribution in [0.5, 0.6) is 5.75 Å². The molecular weight excluding hydrogens is 344 g/mol. The molecule has 0 radical (unpaired) electrons. The largest absolute Gasteiger partial charge is 0.478 e. The van der Waals surface area contributed by atoms with E-state index in [9.17, 15) is 9.59 Å². The van der Waals surface area contributed by atoms with Crippen molar-refractivity contribution in [2.75, 3.05) is 51.1 Å². The number of nitrogens with one attached hydrogen (secondary N) is 2. The van der Waals surface area contributed by atoms with E-state index in [4.69, 9.17) is 4.74 Å². The van der Waals surface area contributed by atoms with Crippen molar-refractivity contribution in [3.8, 4) is 5.75 Å². The molecule has 1 aromatic carbocycles. The summed E-state index contributed by atoms with van der Waals surface area (Å²) in [5.41, 5.74) is 1.71. The van der Waals surface area contributed by atoms with E-state index in [1.54, 1.807) is 0 Å². The van der Waals surface area contributed by atoms with Gasteiger partial charge in [-0.05, 0) is 44.1 Å². The molecule has 1 atom stereocenters. The average Bonchev–Trinajstić information content (AvgIpc) is 2.66. The Morgan fingerprint density at radius 1 is 1.26 bits per heavy atom. The van der Waals surface area contributed by atoms with Crippen LogP contribution in [0.4, 0.5) is 5.69 Å². The Hall–Kier alpha value is -2.12. The maximum atomic E-state index is 12.2. The number of ether oxygens (including phenoxy) is 1. The summed E-state index contributed by atoms with van der Waals surface area (Å²) in [6.45, 7) is 11.3. The first-order valence-electron chi connectivity index (χ1n) is 9.84. The second kappa shape index (κ2) is 9.19. The first-order chi connectivity index (χ1) is 13.0. The molecule has 0 unspecified atom stereocenters. The first-order valence-corrected chi connectivity index (χ1v) is 9.84. The van der Waals surface area contributed by atoms with Gasteiger partial charge in [0.2, 0.25) is 5.91 Å². The number of carbonyl (C=O) groups excluding carboxylic acids is 2.